The maximum atomic E-state index is 11.9. The van der Waals surface area contributed by atoms with Crippen molar-refractivity contribution in [3.8, 4) is 5.75 Å². The third-order valence-electron chi connectivity index (χ3n) is 3.30. The molecule has 134 valence electrons. The zero-order chi connectivity index (χ0) is 19.1. The highest BCUT2D eigenvalue weighted by Gasteiger charge is 2.09. The molecule has 2 rings (SSSR count). The summed E-state index contributed by atoms with van der Waals surface area (Å²) in [6.07, 6.45) is 2.41. The van der Waals surface area contributed by atoms with Crippen LogP contribution in [0.5, 0.6) is 5.75 Å². The van der Waals surface area contributed by atoms with Crippen molar-refractivity contribution < 1.29 is 24.4 Å². The Morgan fingerprint density at radius 3 is 2.54 bits per heavy atom. The standard InChI is InChI=1S/C18H16N2O6/c1-2-26-18(23)12-3-6-14(7-4-12)19-17(22)10-5-13-11-15(20(24)25)8-9-16(13)21/h3-11,21H,2H2,1H3,(H,19,22). The molecule has 2 aromatic rings. The molecule has 0 fully saturated rings. The Morgan fingerprint density at radius 1 is 1.23 bits per heavy atom. The number of anilines is 1. The van der Waals surface area contributed by atoms with E-state index in [-0.39, 0.29) is 23.6 Å². The topological polar surface area (TPSA) is 119 Å². The lowest BCUT2D eigenvalue weighted by Crippen LogP contribution is -2.08. The molecule has 8 nitrogen and oxygen atoms in total. The first-order valence-corrected chi connectivity index (χ1v) is 7.64. The van der Waals surface area contributed by atoms with Crippen molar-refractivity contribution in [2.75, 3.05) is 11.9 Å². The number of phenols is 1. The van der Waals surface area contributed by atoms with Crippen LogP contribution in [0.3, 0.4) is 0 Å². The Hall–Kier alpha value is -3.68. The summed E-state index contributed by atoms with van der Waals surface area (Å²) in [5, 5.41) is 23.0. The van der Waals surface area contributed by atoms with E-state index in [4.69, 9.17) is 4.74 Å². The fourth-order valence-corrected chi connectivity index (χ4v) is 2.04. The van der Waals surface area contributed by atoms with Crippen LogP contribution in [0.25, 0.3) is 6.08 Å². The van der Waals surface area contributed by atoms with Crippen LogP contribution in [0, 0.1) is 10.1 Å². The smallest absolute Gasteiger partial charge is 0.338 e. The van der Waals surface area contributed by atoms with Gasteiger partial charge in [0.2, 0.25) is 5.91 Å². The lowest BCUT2D eigenvalue weighted by atomic mass is 10.1. The first kappa shape index (κ1) is 18.7. The third-order valence-corrected chi connectivity index (χ3v) is 3.30. The van der Waals surface area contributed by atoms with Gasteiger partial charge in [0.15, 0.2) is 0 Å². The summed E-state index contributed by atoms with van der Waals surface area (Å²) in [4.78, 5) is 33.6. The van der Waals surface area contributed by atoms with E-state index in [0.29, 0.717) is 11.3 Å². The molecule has 0 radical (unpaired) electrons. The molecule has 2 N–H and O–H groups in total. The molecule has 0 saturated carbocycles. The number of carbonyl (C=O) groups is 2. The molecular formula is C18H16N2O6. The molecule has 0 atom stereocenters. The molecule has 0 aliphatic carbocycles. The van der Waals surface area contributed by atoms with Gasteiger partial charge in [-0.2, -0.15) is 0 Å². The predicted molar refractivity (Wildman–Crippen MR) is 94.8 cm³/mol. The number of nitro benzene ring substituents is 1. The number of ether oxygens (including phenoxy) is 1. The highest BCUT2D eigenvalue weighted by Crippen LogP contribution is 2.24. The maximum absolute atomic E-state index is 11.9. The van der Waals surface area contributed by atoms with E-state index in [1.165, 1.54) is 24.3 Å². The summed E-state index contributed by atoms with van der Waals surface area (Å²) in [6.45, 7) is 1.98. The number of phenolic OH excluding ortho intramolecular Hbond substituents is 1. The number of amides is 1. The molecule has 0 aliphatic heterocycles. The van der Waals surface area contributed by atoms with Crippen molar-refractivity contribution in [1.82, 2.24) is 0 Å². The molecule has 0 aromatic heterocycles. The minimum absolute atomic E-state index is 0.145. The molecule has 2 aromatic carbocycles. The highest BCUT2D eigenvalue weighted by molar-refractivity contribution is 6.02. The largest absolute Gasteiger partial charge is 0.507 e. The van der Waals surface area contributed by atoms with Gasteiger partial charge in [-0.05, 0) is 43.3 Å². The molecule has 0 unspecified atom stereocenters. The summed E-state index contributed by atoms with van der Waals surface area (Å²) < 4.78 is 4.87. The second-order valence-corrected chi connectivity index (χ2v) is 5.12. The third kappa shape index (κ3) is 4.91. The zero-order valence-corrected chi connectivity index (χ0v) is 13.8. The van der Waals surface area contributed by atoms with Gasteiger partial charge in [0, 0.05) is 29.5 Å². The fourth-order valence-electron chi connectivity index (χ4n) is 2.04. The molecule has 26 heavy (non-hydrogen) atoms. The van der Waals surface area contributed by atoms with E-state index in [1.54, 1.807) is 19.1 Å². The summed E-state index contributed by atoms with van der Waals surface area (Å²) >= 11 is 0. The number of nitrogens with zero attached hydrogens (tertiary/aromatic N) is 1. The van der Waals surface area contributed by atoms with Gasteiger partial charge in [-0.15, -0.1) is 0 Å². The minimum atomic E-state index is -0.595. The molecule has 0 saturated heterocycles. The first-order chi connectivity index (χ1) is 12.4. The van der Waals surface area contributed by atoms with Gasteiger partial charge in [0.1, 0.15) is 5.75 Å². The number of aromatic hydroxyl groups is 1. The van der Waals surface area contributed by atoms with Gasteiger partial charge in [0.25, 0.3) is 5.69 Å². The molecule has 1 amide bonds. The van der Waals surface area contributed by atoms with Gasteiger partial charge in [-0.3, -0.25) is 14.9 Å². The number of non-ortho nitro benzene ring substituents is 1. The monoisotopic (exact) mass is 356 g/mol. The van der Waals surface area contributed by atoms with Crippen molar-refractivity contribution in [2.24, 2.45) is 0 Å². The number of nitrogens with one attached hydrogen (secondary N) is 1. The molecule has 8 heteroatoms. The number of hydrogen-bond donors (Lipinski definition) is 2. The number of benzene rings is 2. The van der Waals surface area contributed by atoms with Crippen LogP contribution in [0.15, 0.2) is 48.5 Å². The van der Waals surface area contributed by atoms with E-state index in [0.717, 1.165) is 18.2 Å². The SMILES string of the molecule is CCOC(=O)c1ccc(NC(=O)C=Cc2cc([N+](=O)[O-])ccc2O)cc1. The van der Waals surface area contributed by atoms with E-state index in [9.17, 15) is 24.8 Å². The van der Waals surface area contributed by atoms with Crippen LogP contribution < -0.4 is 5.32 Å². The van der Waals surface area contributed by atoms with E-state index < -0.39 is 16.8 Å². The van der Waals surface area contributed by atoms with E-state index in [1.807, 2.05) is 0 Å². The summed E-state index contributed by atoms with van der Waals surface area (Å²) in [5.41, 5.74) is 0.766. The van der Waals surface area contributed by atoms with Crippen molar-refractivity contribution in [2.45, 2.75) is 6.92 Å². The average Bonchev–Trinajstić information content (AvgIpc) is 2.61. The maximum Gasteiger partial charge on any atom is 0.338 e. The van der Waals surface area contributed by atoms with Crippen LogP contribution >= 0.6 is 0 Å². The highest BCUT2D eigenvalue weighted by atomic mass is 16.6. The summed E-state index contributed by atoms with van der Waals surface area (Å²) in [6, 6.07) is 9.63. The fraction of sp³-hybridized carbons (Fsp3) is 0.111. The predicted octanol–water partition coefficient (Wildman–Crippen LogP) is 3.13. The van der Waals surface area contributed by atoms with E-state index >= 15 is 0 Å². The number of hydrogen-bond acceptors (Lipinski definition) is 6. The van der Waals surface area contributed by atoms with Gasteiger partial charge < -0.3 is 15.2 Å². The number of nitro groups is 1. The van der Waals surface area contributed by atoms with Crippen LogP contribution in [0.2, 0.25) is 0 Å². The quantitative estimate of drug-likeness (QED) is 0.355. The number of carbonyl (C=O) groups excluding carboxylic acids is 2. The zero-order valence-electron chi connectivity index (χ0n) is 13.8. The summed E-state index contributed by atoms with van der Waals surface area (Å²) in [7, 11) is 0. The average molecular weight is 356 g/mol. The normalized spacial score (nSPS) is 10.5. The van der Waals surface area contributed by atoms with Gasteiger partial charge in [0.05, 0.1) is 17.1 Å². The summed E-state index contributed by atoms with van der Waals surface area (Å²) in [5.74, 6) is -1.13. The molecule has 0 spiro atoms. The Bertz CT molecular complexity index is 858. The van der Waals surface area contributed by atoms with Crippen LogP contribution in [0.1, 0.15) is 22.8 Å². The number of rotatable bonds is 6. The Balaban J connectivity index is 2.04. The lowest BCUT2D eigenvalue weighted by molar-refractivity contribution is -0.384. The van der Waals surface area contributed by atoms with Crippen LogP contribution in [0.4, 0.5) is 11.4 Å². The lowest BCUT2D eigenvalue weighted by Gasteiger charge is -2.05. The number of esters is 1. The van der Waals surface area contributed by atoms with Gasteiger partial charge in [-0.25, -0.2) is 4.79 Å². The first-order valence-electron chi connectivity index (χ1n) is 7.64. The van der Waals surface area contributed by atoms with Crippen molar-refractivity contribution in [3.05, 3.63) is 69.8 Å². The second kappa shape index (κ2) is 8.43. The molecule has 0 bridgehead atoms. The van der Waals surface area contributed by atoms with Crippen LogP contribution in [-0.2, 0) is 9.53 Å². The Morgan fingerprint density at radius 2 is 1.92 bits per heavy atom. The van der Waals surface area contributed by atoms with E-state index in [2.05, 4.69) is 5.32 Å². The van der Waals surface area contributed by atoms with Crippen molar-refractivity contribution in [1.29, 1.82) is 0 Å². The second-order valence-electron chi connectivity index (χ2n) is 5.12. The van der Waals surface area contributed by atoms with Gasteiger partial charge in [-0.1, -0.05) is 0 Å². The van der Waals surface area contributed by atoms with Crippen LogP contribution in [-0.4, -0.2) is 28.5 Å². The molecule has 0 aliphatic rings. The van der Waals surface area contributed by atoms with Crippen molar-refractivity contribution >= 4 is 29.3 Å². The molecular weight excluding hydrogens is 340 g/mol. The van der Waals surface area contributed by atoms with Gasteiger partial charge >= 0.3 is 5.97 Å². The minimum Gasteiger partial charge on any atom is -0.507 e. The Kier molecular flexibility index (Phi) is 6.05. The van der Waals surface area contributed by atoms with Crippen molar-refractivity contribution in [3.63, 3.8) is 0 Å². The molecule has 0 heterocycles. The Labute approximate surface area is 148 Å².